The normalized spacial score (nSPS) is 21.1. The fourth-order valence-electron chi connectivity index (χ4n) is 6.26. The maximum absolute atomic E-state index is 14.5. The number of rotatable bonds is 13. The van der Waals surface area contributed by atoms with E-state index in [2.05, 4.69) is 117 Å². The fraction of sp³-hybridized carbons (Fsp3) is 0.769. The molecule has 1 amide bonds. The van der Waals surface area contributed by atoms with Crippen molar-refractivity contribution in [2.24, 2.45) is 7.05 Å². The molecule has 1 aliphatic heterocycles. The molecule has 2 N–H and O–H groups in total. The first-order valence-corrected chi connectivity index (χ1v) is 28.7. The number of alkyl carbamates (subject to hydrolysis) is 1. The predicted molar refractivity (Wildman–Crippen MR) is 231 cm³/mol. The molecule has 0 bridgehead atoms. The summed E-state index contributed by atoms with van der Waals surface area (Å²) in [5.74, 6) is -0.602. The number of ether oxygens (including phenoxy) is 3. The van der Waals surface area contributed by atoms with Gasteiger partial charge in [0.2, 0.25) is 5.78 Å². The summed E-state index contributed by atoms with van der Waals surface area (Å²) in [6.07, 6.45) is -3.37. The molecule has 19 heteroatoms. The summed E-state index contributed by atoms with van der Waals surface area (Å²) in [5.41, 5.74) is 0.890. The Hall–Kier alpha value is -2.92. The number of carbonyl (C=O) groups excluding carboxylic acids is 2. The molecule has 1 fully saturated rings. The number of hydrogen-bond acceptors (Lipinski definition) is 12. The van der Waals surface area contributed by atoms with E-state index in [0.717, 1.165) is 14.2 Å². The molecule has 1 saturated heterocycles. The van der Waals surface area contributed by atoms with E-state index in [-0.39, 0.29) is 32.8 Å². The lowest BCUT2D eigenvalue weighted by Gasteiger charge is -2.44. The molecule has 4 rings (SSSR count). The molecule has 16 nitrogen and oxygen atoms in total. The third-order valence-electron chi connectivity index (χ3n) is 13.1. The Balaban J connectivity index is 1.93. The van der Waals surface area contributed by atoms with Gasteiger partial charge in [0.15, 0.2) is 48.4 Å². The Morgan fingerprint density at radius 2 is 1.43 bits per heavy atom. The number of nitrogens with one attached hydrogen (secondary N) is 1. The molecular formula is C39H70N6O10Si3. The highest BCUT2D eigenvalue weighted by Gasteiger charge is 2.55. The largest absolute Gasteiger partial charge is 0.467 e. The molecule has 0 aliphatic carbocycles. The van der Waals surface area contributed by atoms with Crippen LogP contribution in [0.25, 0.3) is 16.9 Å². The number of imidazole rings is 2. The maximum Gasteiger partial charge on any atom is 0.407 e. The predicted octanol–water partition coefficient (Wildman–Crippen LogP) is 6.19. The van der Waals surface area contributed by atoms with Gasteiger partial charge in [0, 0.05) is 13.5 Å². The van der Waals surface area contributed by atoms with Crippen LogP contribution in [0.15, 0.2) is 11.1 Å². The Morgan fingerprint density at radius 3 is 1.93 bits per heavy atom. The molecule has 58 heavy (non-hydrogen) atoms. The van der Waals surface area contributed by atoms with E-state index in [0.29, 0.717) is 23.6 Å². The molecule has 0 saturated carbocycles. The Bertz CT molecular complexity index is 2040. The summed E-state index contributed by atoms with van der Waals surface area (Å²) >= 11 is 0. The van der Waals surface area contributed by atoms with E-state index < -0.39 is 79.3 Å². The lowest BCUT2D eigenvalue weighted by atomic mass is 10.1. The summed E-state index contributed by atoms with van der Waals surface area (Å²) < 4.78 is 43.1. The number of aliphatic hydroxyl groups is 1. The van der Waals surface area contributed by atoms with Crippen molar-refractivity contribution >= 4 is 54.0 Å². The van der Waals surface area contributed by atoms with Crippen molar-refractivity contribution in [3.8, 4) is 0 Å². The zero-order chi connectivity index (χ0) is 44.3. The van der Waals surface area contributed by atoms with E-state index in [9.17, 15) is 19.5 Å². The van der Waals surface area contributed by atoms with Crippen molar-refractivity contribution in [1.29, 1.82) is 0 Å². The van der Waals surface area contributed by atoms with E-state index in [4.69, 9.17) is 27.7 Å². The van der Waals surface area contributed by atoms with Crippen LogP contribution in [0.5, 0.6) is 0 Å². The Kier molecular flexibility index (Phi) is 13.6. The highest BCUT2D eigenvalue weighted by molar-refractivity contribution is 6.75. The summed E-state index contributed by atoms with van der Waals surface area (Å²) in [4.78, 5) is 48.6. The number of esters is 1. The van der Waals surface area contributed by atoms with Gasteiger partial charge in [-0.2, -0.15) is 0 Å². The molecule has 0 aromatic carbocycles. The lowest BCUT2D eigenvalue weighted by molar-refractivity contribution is -0.146. The third kappa shape index (κ3) is 9.20. The molecule has 1 aliphatic rings. The van der Waals surface area contributed by atoms with Gasteiger partial charge in [0.25, 0.3) is 5.56 Å². The van der Waals surface area contributed by atoms with Crippen LogP contribution in [-0.2, 0) is 45.8 Å². The van der Waals surface area contributed by atoms with Crippen molar-refractivity contribution in [1.82, 2.24) is 28.8 Å². The molecule has 0 radical (unpaired) electrons. The van der Waals surface area contributed by atoms with Crippen LogP contribution >= 0.6 is 0 Å². The van der Waals surface area contributed by atoms with Crippen molar-refractivity contribution in [3.63, 3.8) is 0 Å². The molecule has 0 spiro atoms. The first kappa shape index (κ1) is 47.8. The van der Waals surface area contributed by atoms with E-state index in [1.165, 1.54) is 4.40 Å². The van der Waals surface area contributed by atoms with Gasteiger partial charge < -0.3 is 37.9 Å². The second-order valence-electron chi connectivity index (χ2n) is 20.2. The third-order valence-corrected chi connectivity index (χ3v) is 26.5. The van der Waals surface area contributed by atoms with Crippen molar-refractivity contribution in [2.45, 2.75) is 167 Å². The second kappa shape index (κ2) is 16.5. The van der Waals surface area contributed by atoms with Gasteiger partial charge in [-0.25, -0.2) is 24.0 Å². The van der Waals surface area contributed by atoms with E-state index >= 15 is 0 Å². The highest BCUT2D eigenvalue weighted by Crippen LogP contribution is 2.47. The summed E-state index contributed by atoms with van der Waals surface area (Å²) in [6.45, 7) is 35.2. The van der Waals surface area contributed by atoms with Gasteiger partial charge in [-0.3, -0.25) is 13.9 Å². The van der Waals surface area contributed by atoms with Gasteiger partial charge in [-0.05, 0) is 61.3 Å². The average Bonchev–Trinajstić information content (AvgIpc) is 3.77. The molecule has 3 aromatic rings. The van der Waals surface area contributed by atoms with Crippen LogP contribution in [0.2, 0.25) is 54.4 Å². The minimum absolute atomic E-state index is 0.0304. The van der Waals surface area contributed by atoms with Crippen molar-refractivity contribution in [2.75, 3.05) is 20.8 Å². The summed E-state index contributed by atoms with van der Waals surface area (Å²) in [6, 6.07) is -1.47. The number of carbonyl (C=O) groups is 2. The number of methoxy groups -OCH3 is 2. The van der Waals surface area contributed by atoms with Crippen LogP contribution < -0.4 is 10.9 Å². The monoisotopic (exact) mass is 866 g/mol. The smallest absolute Gasteiger partial charge is 0.407 e. The van der Waals surface area contributed by atoms with Gasteiger partial charge in [-0.15, -0.1) is 0 Å². The molecule has 0 unspecified atom stereocenters. The number of nitrogens with zero attached hydrogens (tertiary/aromatic N) is 5. The van der Waals surface area contributed by atoms with Crippen LogP contribution in [0.3, 0.4) is 0 Å². The number of amides is 1. The molecule has 4 heterocycles. The first-order valence-electron chi connectivity index (χ1n) is 20.0. The minimum Gasteiger partial charge on any atom is -0.467 e. The van der Waals surface area contributed by atoms with E-state index in [1.807, 2.05) is 4.57 Å². The second-order valence-corrected chi connectivity index (χ2v) is 34.5. The standard InChI is InChI=1S/C39H70N6O10Si3/c1-23-24(20-25(46)27(34(48)50-12)42-36(49)51-13)45-32(47)28-31(43(11)35(45)41-23)44(22-40-28)33-30(55-58(18,19)39(8,9)10)29(54-57(16,17)38(5,6)7)26(53-33)21-52-56(14,15)37(2,3)4/h22,25-27,29-30,33,46H,20-21H2,1-19H3,(H,42,49)/t25-,26+,27-,29+,30+,33+/m0/s1. The zero-order valence-corrected chi connectivity index (χ0v) is 41.3. The van der Waals surface area contributed by atoms with Crippen LogP contribution in [-0.4, -0.2) is 117 Å². The zero-order valence-electron chi connectivity index (χ0n) is 38.3. The summed E-state index contributed by atoms with van der Waals surface area (Å²) in [7, 11) is -3.04. The number of fused-ring (bicyclic) bond motifs is 2. The first-order chi connectivity index (χ1) is 26.3. The lowest BCUT2D eigenvalue weighted by Crippen LogP contribution is -2.54. The SMILES string of the molecule is COC(=O)N[C@H](C(=O)OC)[C@@H](O)Cc1c(C)nc2n(C)c3c(ncn3[C@@H]3O[C@H](CO[Si](C)(C)C(C)(C)C)[C@@H](O[Si](C)(C)C(C)(C)C)[C@H]3O[Si](C)(C)C(C)(C)C)c(=O)n12. The van der Waals surface area contributed by atoms with Crippen LogP contribution in [0.1, 0.15) is 79.9 Å². The van der Waals surface area contributed by atoms with Gasteiger partial charge in [0.05, 0.1) is 44.6 Å². The van der Waals surface area contributed by atoms with Crippen LogP contribution in [0.4, 0.5) is 4.79 Å². The molecular weight excluding hydrogens is 797 g/mol. The van der Waals surface area contributed by atoms with Crippen molar-refractivity contribution < 1.29 is 42.2 Å². The van der Waals surface area contributed by atoms with Gasteiger partial charge in [-0.1, -0.05) is 62.3 Å². The molecule has 6 atom stereocenters. The van der Waals surface area contributed by atoms with E-state index in [1.54, 1.807) is 24.9 Å². The highest BCUT2D eigenvalue weighted by atomic mass is 28.4. The van der Waals surface area contributed by atoms with Gasteiger partial charge >= 0.3 is 12.1 Å². The Morgan fingerprint density at radius 1 is 0.897 bits per heavy atom. The molecule has 3 aromatic heterocycles. The quantitative estimate of drug-likeness (QED) is 0.147. The number of aromatic nitrogens is 5. The fourth-order valence-corrected chi connectivity index (χ4v) is 9.88. The average molecular weight is 867 g/mol. The summed E-state index contributed by atoms with van der Waals surface area (Å²) in [5, 5.41) is 13.3. The number of hydrogen-bond donors (Lipinski definition) is 2. The Labute approximate surface area is 346 Å². The minimum atomic E-state index is -2.48. The van der Waals surface area contributed by atoms with Gasteiger partial charge in [0.1, 0.15) is 18.3 Å². The molecule has 328 valence electrons. The number of aliphatic hydroxyl groups excluding tert-OH is 1. The topological polar surface area (TPSA) is 179 Å². The maximum atomic E-state index is 14.5. The van der Waals surface area contributed by atoms with Crippen LogP contribution in [0, 0.1) is 6.92 Å². The van der Waals surface area contributed by atoms with Crippen molar-refractivity contribution in [3.05, 3.63) is 28.1 Å². The number of aryl methyl sites for hydroxylation is 2.